The normalized spacial score (nSPS) is 35.8. The molecule has 3 aliphatic rings. The zero-order valence-electron chi connectivity index (χ0n) is 15.0. The van der Waals surface area contributed by atoms with Gasteiger partial charge in [-0.15, -0.1) is 0 Å². The zero-order valence-corrected chi connectivity index (χ0v) is 15.0. The summed E-state index contributed by atoms with van der Waals surface area (Å²) in [5, 5.41) is 9.07. The van der Waals surface area contributed by atoms with Crippen molar-refractivity contribution in [3.05, 3.63) is 24.3 Å². The summed E-state index contributed by atoms with van der Waals surface area (Å²) in [5.41, 5.74) is 0. The van der Waals surface area contributed by atoms with Gasteiger partial charge in [0.15, 0.2) is 0 Å². The van der Waals surface area contributed by atoms with Gasteiger partial charge in [-0.3, -0.25) is 4.79 Å². The Labute approximate surface area is 147 Å². The van der Waals surface area contributed by atoms with Crippen LogP contribution in [-0.2, 0) is 4.79 Å². The largest absolute Gasteiger partial charge is 0.481 e. The Morgan fingerprint density at radius 2 is 0.917 bits per heavy atom. The van der Waals surface area contributed by atoms with Gasteiger partial charge in [-0.25, -0.2) is 0 Å². The Balaban J connectivity index is 1.35. The Bertz CT molecular complexity index is 443. The van der Waals surface area contributed by atoms with Crippen molar-refractivity contribution in [2.24, 2.45) is 29.6 Å². The molecule has 134 valence electrons. The van der Waals surface area contributed by atoms with Crippen LogP contribution < -0.4 is 0 Å². The summed E-state index contributed by atoms with van der Waals surface area (Å²) in [6.45, 7) is 0. The first kappa shape index (κ1) is 17.8. The number of hydrogen-bond acceptors (Lipinski definition) is 1. The van der Waals surface area contributed by atoms with Crippen molar-refractivity contribution in [1.82, 2.24) is 0 Å². The molecule has 24 heavy (non-hydrogen) atoms. The van der Waals surface area contributed by atoms with Crippen LogP contribution in [0, 0.1) is 29.6 Å². The Kier molecular flexibility index (Phi) is 6.57. The molecule has 2 heteroatoms. The first-order chi connectivity index (χ1) is 11.7. The lowest BCUT2D eigenvalue weighted by atomic mass is 9.79. The molecule has 0 unspecified atom stereocenters. The van der Waals surface area contributed by atoms with Gasteiger partial charge < -0.3 is 5.11 Å². The molecule has 0 amide bonds. The highest BCUT2D eigenvalue weighted by molar-refractivity contribution is 5.70. The van der Waals surface area contributed by atoms with E-state index in [0.717, 1.165) is 43.4 Å². The van der Waals surface area contributed by atoms with Crippen LogP contribution in [-0.4, -0.2) is 11.1 Å². The third-order valence-corrected chi connectivity index (χ3v) is 6.65. The van der Waals surface area contributed by atoms with E-state index in [9.17, 15) is 4.79 Å². The first-order valence-electron chi connectivity index (χ1n) is 10.3. The van der Waals surface area contributed by atoms with Crippen LogP contribution in [0.2, 0.25) is 0 Å². The molecule has 0 bridgehead atoms. The van der Waals surface area contributed by atoms with Crippen LogP contribution in [0.15, 0.2) is 24.3 Å². The molecule has 3 fully saturated rings. The molecule has 2 nitrogen and oxygen atoms in total. The second-order valence-electron chi connectivity index (χ2n) is 8.44. The molecule has 0 atom stereocenters. The molecular weight excluding hydrogens is 296 g/mol. The summed E-state index contributed by atoms with van der Waals surface area (Å²) in [4.78, 5) is 11.0. The molecule has 1 N–H and O–H groups in total. The lowest BCUT2D eigenvalue weighted by Crippen LogP contribution is -2.20. The number of carboxylic acid groups (broad SMARTS) is 1. The minimum absolute atomic E-state index is 0.0863. The maximum Gasteiger partial charge on any atom is 0.306 e. The lowest BCUT2D eigenvalue weighted by Gasteiger charge is -2.27. The van der Waals surface area contributed by atoms with E-state index in [2.05, 4.69) is 24.3 Å². The van der Waals surface area contributed by atoms with Crippen molar-refractivity contribution < 1.29 is 9.90 Å². The molecule has 0 saturated heterocycles. The fourth-order valence-corrected chi connectivity index (χ4v) is 4.87. The summed E-state index contributed by atoms with van der Waals surface area (Å²) in [6, 6.07) is 0. The highest BCUT2D eigenvalue weighted by Crippen LogP contribution is 2.34. The van der Waals surface area contributed by atoms with Gasteiger partial charge in [0.25, 0.3) is 0 Å². The molecule has 3 rings (SSSR count). The van der Waals surface area contributed by atoms with E-state index in [1.165, 1.54) is 51.4 Å². The number of rotatable bonds is 5. The van der Waals surface area contributed by atoms with Crippen LogP contribution in [0.5, 0.6) is 0 Å². The number of carboxylic acids is 1. The van der Waals surface area contributed by atoms with Crippen LogP contribution in [0.1, 0.15) is 77.0 Å². The number of carbonyl (C=O) groups is 1. The average molecular weight is 331 g/mol. The standard InChI is InChI=1S/C22H34O2/c23-22(24)21-15-13-20(14-16-21)12-11-19-9-7-18(8-10-19)6-5-17-3-1-2-4-17/h5-6,11-12,17-21H,1-4,7-10,13-16H2,(H,23,24)/b6-5+,12-11+. The van der Waals surface area contributed by atoms with Crippen molar-refractivity contribution in [3.8, 4) is 0 Å². The minimum Gasteiger partial charge on any atom is -0.481 e. The molecular formula is C22H34O2. The van der Waals surface area contributed by atoms with Crippen LogP contribution in [0.4, 0.5) is 0 Å². The Morgan fingerprint density at radius 3 is 1.29 bits per heavy atom. The van der Waals surface area contributed by atoms with E-state index in [1.807, 2.05) is 0 Å². The predicted octanol–water partition coefficient (Wildman–Crippen LogP) is 5.99. The Hall–Kier alpha value is -1.05. The topological polar surface area (TPSA) is 37.3 Å². The Morgan fingerprint density at radius 1 is 0.583 bits per heavy atom. The summed E-state index contributed by atoms with van der Waals surface area (Å²) >= 11 is 0. The zero-order chi connectivity index (χ0) is 16.8. The van der Waals surface area contributed by atoms with Crippen LogP contribution in [0.3, 0.4) is 0 Å². The minimum atomic E-state index is -0.596. The number of hydrogen-bond donors (Lipinski definition) is 1. The highest BCUT2D eigenvalue weighted by atomic mass is 16.4. The van der Waals surface area contributed by atoms with Crippen molar-refractivity contribution in [2.75, 3.05) is 0 Å². The van der Waals surface area contributed by atoms with Gasteiger partial charge in [0.2, 0.25) is 0 Å². The molecule has 3 aliphatic carbocycles. The van der Waals surface area contributed by atoms with E-state index < -0.39 is 5.97 Å². The lowest BCUT2D eigenvalue weighted by molar-refractivity contribution is -0.142. The molecule has 0 aromatic rings. The molecule has 0 heterocycles. The molecule has 0 aliphatic heterocycles. The van der Waals surface area contributed by atoms with E-state index in [4.69, 9.17) is 5.11 Å². The summed E-state index contributed by atoms with van der Waals surface area (Å²) in [6.07, 6.45) is 24.8. The van der Waals surface area contributed by atoms with Gasteiger partial charge in [-0.1, -0.05) is 37.1 Å². The highest BCUT2D eigenvalue weighted by Gasteiger charge is 2.25. The molecule has 0 aromatic carbocycles. The average Bonchev–Trinajstić information content (AvgIpc) is 3.13. The monoisotopic (exact) mass is 330 g/mol. The summed E-state index contributed by atoms with van der Waals surface area (Å²) in [7, 11) is 0. The van der Waals surface area contributed by atoms with E-state index in [0.29, 0.717) is 5.92 Å². The maximum absolute atomic E-state index is 11.0. The van der Waals surface area contributed by atoms with E-state index in [1.54, 1.807) is 0 Å². The third kappa shape index (κ3) is 5.22. The van der Waals surface area contributed by atoms with Gasteiger partial charge in [-0.05, 0) is 87.9 Å². The van der Waals surface area contributed by atoms with Gasteiger partial charge in [0.1, 0.15) is 0 Å². The number of aliphatic carboxylic acids is 1. The van der Waals surface area contributed by atoms with E-state index >= 15 is 0 Å². The van der Waals surface area contributed by atoms with Crippen LogP contribution in [0.25, 0.3) is 0 Å². The molecule has 3 saturated carbocycles. The quantitative estimate of drug-likeness (QED) is 0.629. The van der Waals surface area contributed by atoms with Crippen molar-refractivity contribution in [3.63, 3.8) is 0 Å². The third-order valence-electron chi connectivity index (χ3n) is 6.65. The summed E-state index contributed by atoms with van der Waals surface area (Å²) < 4.78 is 0. The SMILES string of the molecule is O=C(O)C1CCC(/C=C/C2CCC(/C=C/C3CCCC3)CC2)CC1. The fourth-order valence-electron chi connectivity index (χ4n) is 4.87. The van der Waals surface area contributed by atoms with Gasteiger partial charge >= 0.3 is 5.97 Å². The molecule has 0 radical (unpaired) electrons. The van der Waals surface area contributed by atoms with E-state index in [-0.39, 0.29) is 5.92 Å². The van der Waals surface area contributed by atoms with Crippen molar-refractivity contribution in [1.29, 1.82) is 0 Å². The van der Waals surface area contributed by atoms with Crippen molar-refractivity contribution in [2.45, 2.75) is 77.0 Å². The van der Waals surface area contributed by atoms with Gasteiger partial charge in [-0.2, -0.15) is 0 Å². The van der Waals surface area contributed by atoms with Crippen LogP contribution >= 0.6 is 0 Å². The predicted molar refractivity (Wildman–Crippen MR) is 98.8 cm³/mol. The summed E-state index contributed by atoms with van der Waals surface area (Å²) in [5.74, 6) is 2.40. The molecule has 0 spiro atoms. The fraction of sp³-hybridized carbons (Fsp3) is 0.773. The number of allylic oxidation sites excluding steroid dienone is 4. The first-order valence-corrected chi connectivity index (χ1v) is 10.3. The smallest absolute Gasteiger partial charge is 0.306 e. The maximum atomic E-state index is 11.0. The molecule has 0 aromatic heterocycles. The van der Waals surface area contributed by atoms with Crippen molar-refractivity contribution >= 4 is 5.97 Å². The van der Waals surface area contributed by atoms with Gasteiger partial charge in [0, 0.05) is 0 Å². The second-order valence-corrected chi connectivity index (χ2v) is 8.44. The second kappa shape index (κ2) is 8.87. The van der Waals surface area contributed by atoms with Gasteiger partial charge in [0.05, 0.1) is 5.92 Å².